The minimum Gasteiger partial charge on any atom is -0.380 e. The topological polar surface area (TPSA) is 50.4 Å². The molecule has 138 valence electrons. The van der Waals surface area contributed by atoms with Gasteiger partial charge in [0, 0.05) is 24.4 Å². The van der Waals surface area contributed by atoms with E-state index in [0.29, 0.717) is 23.5 Å². The zero-order chi connectivity index (χ0) is 18.6. The maximum atomic E-state index is 14.4. The van der Waals surface area contributed by atoms with Crippen LogP contribution in [-0.4, -0.2) is 25.2 Å². The van der Waals surface area contributed by atoms with Crippen LogP contribution in [-0.2, 0) is 4.74 Å². The maximum absolute atomic E-state index is 14.4. The van der Waals surface area contributed by atoms with Gasteiger partial charge in [-0.15, -0.1) is 0 Å². The van der Waals surface area contributed by atoms with Gasteiger partial charge in [-0.1, -0.05) is 36.4 Å². The number of hydrogen-bond donors (Lipinski definition) is 2. The van der Waals surface area contributed by atoms with E-state index in [2.05, 4.69) is 10.6 Å². The number of rotatable bonds is 5. The molecule has 4 nitrogen and oxygen atoms in total. The Morgan fingerprint density at radius 3 is 2.78 bits per heavy atom. The molecule has 0 radical (unpaired) electrons. The Kier molecular flexibility index (Phi) is 5.03. The van der Waals surface area contributed by atoms with Crippen LogP contribution in [0.15, 0.2) is 60.7 Å². The number of anilines is 2. The monoisotopic (exact) mass is 364 g/mol. The molecule has 1 aliphatic heterocycles. The molecule has 3 aromatic rings. The molecule has 1 saturated heterocycles. The van der Waals surface area contributed by atoms with Crippen molar-refractivity contribution in [3.63, 3.8) is 0 Å². The molecule has 2 N–H and O–H groups in total. The molecular weight excluding hydrogens is 343 g/mol. The minimum atomic E-state index is -0.399. The van der Waals surface area contributed by atoms with Crippen molar-refractivity contribution in [1.82, 2.24) is 0 Å². The van der Waals surface area contributed by atoms with E-state index < -0.39 is 5.82 Å². The molecule has 1 fully saturated rings. The SMILES string of the molecule is O=C(Nc1ccc(NC[C@H]2CCCO2)c(F)c1)c1cccc2ccccc12. The number of halogens is 1. The maximum Gasteiger partial charge on any atom is 0.256 e. The first-order chi connectivity index (χ1) is 13.2. The van der Waals surface area contributed by atoms with Crippen LogP contribution in [0.2, 0.25) is 0 Å². The van der Waals surface area contributed by atoms with Gasteiger partial charge in [0.15, 0.2) is 0 Å². The molecule has 0 bridgehead atoms. The second-order valence-electron chi connectivity index (χ2n) is 6.69. The van der Waals surface area contributed by atoms with E-state index in [-0.39, 0.29) is 12.0 Å². The highest BCUT2D eigenvalue weighted by Gasteiger charge is 2.16. The van der Waals surface area contributed by atoms with Crippen molar-refractivity contribution in [3.8, 4) is 0 Å². The van der Waals surface area contributed by atoms with E-state index in [9.17, 15) is 9.18 Å². The summed E-state index contributed by atoms with van der Waals surface area (Å²) in [5.74, 6) is -0.657. The van der Waals surface area contributed by atoms with Gasteiger partial charge in [0.25, 0.3) is 5.91 Å². The Labute approximate surface area is 157 Å². The van der Waals surface area contributed by atoms with E-state index in [1.165, 1.54) is 6.07 Å². The third-order valence-corrected chi connectivity index (χ3v) is 4.81. The Balaban J connectivity index is 1.47. The van der Waals surface area contributed by atoms with Gasteiger partial charge in [-0.3, -0.25) is 4.79 Å². The quantitative estimate of drug-likeness (QED) is 0.682. The van der Waals surface area contributed by atoms with E-state index in [1.54, 1.807) is 18.2 Å². The zero-order valence-electron chi connectivity index (χ0n) is 14.9. The van der Waals surface area contributed by atoms with Crippen molar-refractivity contribution in [2.24, 2.45) is 0 Å². The van der Waals surface area contributed by atoms with E-state index in [0.717, 1.165) is 30.2 Å². The van der Waals surface area contributed by atoms with Crippen LogP contribution in [0.1, 0.15) is 23.2 Å². The average molecular weight is 364 g/mol. The van der Waals surface area contributed by atoms with Crippen molar-refractivity contribution in [1.29, 1.82) is 0 Å². The molecule has 0 unspecified atom stereocenters. The summed E-state index contributed by atoms with van der Waals surface area (Å²) in [4.78, 5) is 12.7. The Morgan fingerprint density at radius 2 is 1.96 bits per heavy atom. The number of amides is 1. The fraction of sp³-hybridized carbons (Fsp3) is 0.227. The van der Waals surface area contributed by atoms with Gasteiger partial charge in [-0.25, -0.2) is 4.39 Å². The molecule has 5 heteroatoms. The fourth-order valence-corrected chi connectivity index (χ4v) is 3.39. The standard InChI is InChI=1S/C22H21FN2O2/c23-20-13-16(10-11-21(20)24-14-17-7-4-12-27-17)25-22(26)19-9-3-6-15-5-1-2-8-18(15)19/h1-3,5-6,8-11,13,17,24H,4,7,12,14H2,(H,25,26)/t17-/m1/s1. The third kappa shape index (κ3) is 3.93. The van der Waals surface area contributed by atoms with Crippen molar-refractivity contribution in [2.75, 3.05) is 23.8 Å². The number of nitrogens with one attached hydrogen (secondary N) is 2. The summed E-state index contributed by atoms with van der Waals surface area (Å²) in [5.41, 5.74) is 1.40. The lowest BCUT2D eigenvalue weighted by Crippen LogP contribution is -2.19. The van der Waals surface area contributed by atoms with Crippen molar-refractivity contribution in [2.45, 2.75) is 18.9 Å². The Hall–Kier alpha value is -2.92. The molecule has 0 aromatic heterocycles. The highest BCUT2D eigenvalue weighted by molar-refractivity contribution is 6.12. The molecule has 0 aliphatic carbocycles. The van der Waals surface area contributed by atoms with Crippen LogP contribution >= 0.6 is 0 Å². The molecule has 1 aliphatic rings. The lowest BCUT2D eigenvalue weighted by Gasteiger charge is -2.13. The number of benzene rings is 3. The van der Waals surface area contributed by atoms with Crippen molar-refractivity contribution >= 4 is 28.1 Å². The van der Waals surface area contributed by atoms with Crippen LogP contribution in [0.4, 0.5) is 15.8 Å². The predicted octanol–water partition coefficient (Wildman–Crippen LogP) is 4.82. The van der Waals surface area contributed by atoms with Gasteiger partial charge in [0.2, 0.25) is 0 Å². The predicted molar refractivity (Wildman–Crippen MR) is 106 cm³/mol. The van der Waals surface area contributed by atoms with Gasteiger partial charge < -0.3 is 15.4 Å². The number of hydrogen-bond acceptors (Lipinski definition) is 3. The number of carbonyl (C=O) groups excluding carboxylic acids is 1. The zero-order valence-corrected chi connectivity index (χ0v) is 14.9. The second-order valence-corrected chi connectivity index (χ2v) is 6.69. The Bertz CT molecular complexity index is 962. The summed E-state index contributed by atoms with van der Waals surface area (Å²) in [7, 11) is 0. The number of ether oxygens (including phenoxy) is 1. The normalized spacial score (nSPS) is 16.4. The summed E-state index contributed by atoms with van der Waals surface area (Å²) in [6.07, 6.45) is 2.18. The van der Waals surface area contributed by atoms with Gasteiger partial charge in [-0.05, 0) is 47.9 Å². The molecule has 27 heavy (non-hydrogen) atoms. The number of fused-ring (bicyclic) bond motifs is 1. The van der Waals surface area contributed by atoms with Crippen molar-refractivity contribution < 1.29 is 13.9 Å². The minimum absolute atomic E-state index is 0.134. The fourth-order valence-electron chi connectivity index (χ4n) is 3.39. The first-order valence-electron chi connectivity index (χ1n) is 9.15. The highest BCUT2D eigenvalue weighted by atomic mass is 19.1. The number of carbonyl (C=O) groups is 1. The summed E-state index contributed by atoms with van der Waals surface area (Å²) in [6, 6.07) is 17.9. The summed E-state index contributed by atoms with van der Waals surface area (Å²) < 4.78 is 19.9. The van der Waals surface area contributed by atoms with Crippen LogP contribution in [0.25, 0.3) is 10.8 Å². The lowest BCUT2D eigenvalue weighted by molar-refractivity contribution is 0.102. The largest absolute Gasteiger partial charge is 0.380 e. The second kappa shape index (κ2) is 7.76. The Morgan fingerprint density at radius 1 is 1.11 bits per heavy atom. The smallest absolute Gasteiger partial charge is 0.256 e. The lowest BCUT2D eigenvalue weighted by atomic mass is 10.0. The average Bonchev–Trinajstić information content (AvgIpc) is 3.20. The molecule has 1 amide bonds. The van der Waals surface area contributed by atoms with Gasteiger partial charge >= 0.3 is 0 Å². The van der Waals surface area contributed by atoms with E-state index in [4.69, 9.17) is 4.74 Å². The molecule has 3 aromatic carbocycles. The summed E-state index contributed by atoms with van der Waals surface area (Å²) in [6.45, 7) is 1.35. The van der Waals surface area contributed by atoms with Crippen LogP contribution < -0.4 is 10.6 Å². The van der Waals surface area contributed by atoms with Crippen molar-refractivity contribution in [3.05, 3.63) is 72.0 Å². The van der Waals surface area contributed by atoms with Gasteiger partial charge in [0.05, 0.1) is 11.8 Å². The third-order valence-electron chi connectivity index (χ3n) is 4.81. The van der Waals surface area contributed by atoms with Gasteiger partial charge in [0.1, 0.15) is 5.82 Å². The molecule has 0 spiro atoms. The van der Waals surface area contributed by atoms with Crippen LogP contribution in [0.5, 0.6) is 0 Å². The summed E-state index contributed by atoms with van der Waals surface area (Å²) >= 11 is 0. The molecular formula is C22H21FN2O2. The first kappa shape index (κ1) is 17.5. The molecule has 1 atom stereocenters. The summed E-state index contributed by atoms with van der Waals surface area (Å²) in [5, 5.41) is 7.72. The first-order valence-corrected chi connectivity index (χ1v) is 9.15. The van der Waals surface area contributed by atoms with Gasteiger partial charge in [-0.2, -0.15) is 0 Å². The van der Waals surface area contributed by atoms with E-state index >= 15 is 0 Å². The molecule has 0 saturated carbocycles. The van der Waals surface area contributed by atoms with E-state index in [1.807, 2.05) is 36.4 Å². The highest BCUT2D eigenvalue weighted by Crippen LogP contribution is 2.23. The molecule has 1 heterocycles. The molecule has 4 rings (SSSR count). The van der Waals surface area contributed by atoms with Crippen LogP contribution in [0.3, 0.4) is 0 Å². The van der Waals surface area contributed by atoms with Crippen LogP contribution in [0, 0.1) is 5.82 Å².